The van der Waals surface area contributed by atoms with Gasteiger partial charge in [0.15, 0.2) is 11.0 Å². The smallest absolute Gasteiger partial charge is 0.274 e. The summed E-state index contributed by atoms with van der Waals surface area (Å²) in [6.45, 7) is 3.69. The van der Waals surface area contributed by atoms with E-state index in [2.05, 4.69) is 33.7 Å². The lowest BCUT2D eigenvalue weighted by atomic mass is 10.1. The number of thioether (sulfide) groups is 1. The first-order valence-electron chi connectivity index (χ1n) is 11.6. The quantitative estimate of drug-likeness (QED) is 0.156. The Kier molecular flexibility index (Phi) is 6.70. The minimum Gasteiger partial charge on any atom is -0.325 e. The predicted octanol–water partition coefficient (Wildman–Crippen LogP) is 6.34. The molecule has 0 aliphatic rings. The van der Waals surface area contributed by atoms with Crippen LogP contribution in [0.1, 0.15) is 11.1 Å². The maximum absolute atomic E-state index is 12.8. The van der Waals surface area contributed by atoms with E-state index >= 15 is 0 Å². The van der Waals surface area contributed by atoms with Crippen LogP contribution >= 0.6 is 11.8 Å². The topological polar surface area (TPSA) is 103 Å². The highest BCUT2D eigenvalue weighted by Gasteiger charge is 2.19. The summed E-state index contributed by atoms with van der Waals surface area (Å²) in [6, 6.07) is 26.8. The first kappa shape index (κ1) is 24.2. The number of aryl methyl sites for hydroxylation is 2. The van der Waals surface area contributed by atoms with Crippen LogP contribution in [-0.2, 0) is 4.79 Å². The van der Waals surface area contributed by atoms with E-state index in [1.54, 1.807) is 19.1 Å². The molecule has 1 amide bonds. The number of nitrogens with one attached hydrogen (secondary N) is 1. The second kappa shape index (κ2) is 10.2. The third-order valence-electron chi connectivity index (χ3n) is 5.97. The molecule has 0 aliphatic heterocycles. The minimum atomic E-state index is -0.459. The van der Waals surface area contributed by atoms with Crippen molar-refractivity contribution in [2.75, 3.05) is 11.1 Å². The van der Waals surface area contributed by atoms with E-state index in [4.69, 9.17) is 0 Å². The fraction of sp³-hybridized carbons (Fsp3) is 0.107. The van der Waals surface area contributed by atoms with Gasteiger partial charge in [-0.1, -0.05) is 84.1 Å². The normalized spacial score (nSPS) is 11.0. The van der Waals surface area contributed by atoms with Gasteiger partial charge in [0.1, 0.15) is 0 Å². The van der Waals surface area contributed by atoms with Gasteiger partial charge in [-0.3, -0.25) is 19.5 Å². The fourth-order valence-electron chi connectivity index (χ4n) is 4.08. The number of nitro benzene ring substituents is 1. The number of carbonyl (C=O) groups is 1. The van der Waals surface area contributed by atoms with Crippen LogP contribution in [0.4, 0.5) is 11.4 Å². The van der Waals surface area contributed by atoms with Gasteiger partial charge in [-0.15, -0.1) is 10.2 Å². The third-order valence-corrected chi connectivity index (χ3v) is 6.90. The average Bonchev–Trinajstić information content (AvgIpc) is 3.32. The van der Waals surface area contributed by atoms with Gasteiger partial charge in [0, 0.05) is 28.3 Å². The number of carbonyl (C=O) groups excluding carboxylic acids is 1. The Morgan fingerprint density at radius 3 is 2.51 bits per heavy atom. The predicted molar refractivity (Wildman–Crippen MR) is 146 cm³/mol. The van der Waals surface area contributed by atoms with Gasteiger partial charge >= 0.3 is 0 Å². The molecule has 184 valence electrons. The molecule has 5 rings (SSSR count). The number of anilines is 1. The van der Waals surface area contributed by atoms with Crippen molar-refractivity contribution in [2.24, 2.45) is 0 Å². The minimum absolute atomic E-state index is 0.0381. The number of hydrogen-bond acceptors (Lipinski definition) is 6. The molecule has 1 heterocycles. The van der Waals surface area contributed by atoms with Crippen LogP contribution in [0, 0.1) is 24.0 Å². The molecular formula is C28H23N5O3S. The van der Waals surface area contributed by atoms with Crippen molar-refractivity contribution < 1.29 is 9.72 Å². The first-order chi connectivity index (χ1) is 17.9. The summed E-state index contributed by atoms with van der Waals surface area (Å²) in [7, 11) is 0. The highest BCUT2D eigenvalue weighted by Crippen LogP contribution is 2.32. The lowest BCUT2D eigenvalue weighted by Gasteiger charge is -2.13. The molecule has 1 aromatic heterocycles. The largest absolute Gasteiger partial charge is 0.325 e. The molecule has 0 fully saturated rings. The SMILES string of the molecule is Cc1ccc(-c2nnc(SCC(=O)Nc3ccc(C)c([N+](=O)[O-])c3)n2-c2cccc3ccccc23)cc1. The Morgan fingerprint density at radius 1 is 0.973 bits per heavy atom. The molecule has 0 bridgehead atoms. The number of nitrogens with zero attached hydrogens (tertiary/aromatic N) is 4. The summed E-state index contributed by atoms with van der Waals surface area (Å²) in [5, 5.41) is 25.6. The number of fused-ring (bicyclic) bond motifs is 1. The van der Waals surface area contributed by atoms with E-state index in [-0.39, 0.29) is 17.3 Å². The van der Waals surface area contributed by atoms with E-state index in [1.807, 2.05) is 60.0 Å². The maximum atomic E-state index is 12.8. The summed E-state index contributed by atoms with van der Waals surface area (Å²) in [4.78, 5) is 23.6. The fourth-order valence-corrected chi connectivity index (χ4v) is 4.83. The molecule has 0 radical (unpaired) electrons. The zero-order valence-corrected chi connectivity index (χ0v) is 21.0. The van der Waals surface area contributed by atoms with Crippen LogP contribution in [0.25, 0.3) is 27.8 Å². The summed E-state index contributed by atoms with van der Waals surface area (Å²) in [5.74, 6) is 0.430. The average molecular weight is 510 g/mol. The Bertz CT molecular complexity index is 1620. The van der Waals surface area contributed by atoms with E-state index in [1.165, 1.54) is 17.8 Å². The van der Waals surface area contributed by atoms with Crippen molar-refractivity contribution in [3.63, 3.8) is 0 Å². The second-order valence-electron chi connectivity index (χ2n) is 8.60. The van der Waals surface area contributed by atoms with Gasteiger partial charge in [-0.2, -0.15) is 0 Å². The maximum Gasteiger partial charge on any atom is 0.274 e. The van der Waals surface area contributed by atoms with Crippen LogP contribution < -0.4 is 5.32 Å². The van der Waals surface area contributed by atoms with Crippen molar-refractivity contribution in [1.29, 1.82) is 0 Å². The molecule has 8 nitrogen and oxygen atoms in total. The number of hydrogen-bond donors (Lipinski definition) is 1. The molecule has 5 aromatic rings. The van der Waals surface area contributed by atoms with Gasteiger partial charge in [0.2, 0.25) is 5.91 Å². The highest BCUT2D eigenvalue weighted by atomic mass is 32.2. The monoisotopic (exact) mass is 509 g/mol. The molecule has 0 saturated carbocycles. The number of rotatable bonds is 7. The van der Waals surface area contributed by atoms with E-state index < -0.39 is 4.92 Å². The number of benzene rings is 4. The Hall–Kier alpha value is -4.50. The van der Waals surface area contributed by atoms with Gasteiger partial charge in [0.25, 0.3) is 5.69 Å². The molecule has 1 N–H and O–H groups in total. The van der Waals surface area contributed by atoms with Crippen molar-refractivity contribution in [3.05, 3.63) is 106 Å². The summed E-state index contributed by atoms with van der Waals surface area (Å²) < 4.78 is 1.97. The Balaban J connectivity index is 1.47. The van der Waals surface area contributed by atoms with Crippen molar-refractivity contribution >= 4 is 39.8 Å². The third kappa shape index (κ3) is 5.07. The molecular weight excluding hydrogens is 486 g/mol. The molecule has 9 heteroatoms. The molecule has 0 unspecified atom stereocenters. The Morgan fingerprint density at radius 2 is 1.73 bits per heavy atom. The van der Waals surface area contributed by atoms with Crippen LogP contribution in [0.3, 0.4) is 0 Å². The van der Waals surface area contributed by atoms with Crippen LogP contribution in [0.2, 0.25) is 0 Å². The van der Waals surface area contributed by atoms with E-state index in [0.29, 0.717) is 22.2 Å². The lowest BCUT2D eigenvalue weighted by Crippen LogP contribution is -2.15. The number of amides is 1. The number of aromatic nitrogens is 3. The van der Waals surface area contributed by atoms with Gasteiger partial charge in [-0.05, 0) is 31.4 Å². The zero-order chi connectivity index (χ0) is 25.9. The van der Waals surface area contributed by atoms with E-state index in [9.17, 15) is 14.9 Å². The van der Waals surface area contributed by atoms with Gasteiger partial charge in [-0.25, -0.2) is 0 Å². The van der Waals surface area contributed by atoms with E-state index in [0.717, 1.165) is 27.6 Å². The molecule has 0 aliphatic carbocycles. The molecule has 37 heavy (non-hydrogen) atoms. The van der Waals surface area contributed by atoms with Crippen LogP contribution in [0.5, 0.6) is 0 Å². The molecule has 0 atom stereocenters. The standard InChI is InChI=1S/C28H23N5O3S/c1-18-10-13-21(14-11-18)27-30-31-28(32(27)24-9-5-7-20-6-3-4-8-23(20)24)37-17-26(34)29-22-15-12-19(2)25(16-22)33(35)36/h3-16H,17H2,1-2H3,(H,29,34). The lowest BCUT2D eigenvalue weighted by molar-refractivity contribution is -0.385. The molecule has 0 spiro atoms. The van der Waals surface area contributed by atoms with Crippen molar-refractivity contribution in [2.45, 2.75) is 19.0 Å². The number of nitro groups is 1. The summed E-state index contributed by atoms with van der Waals surface area (Å²) >= 11 is 1.25. The second-order valence-corrected chi connectivity index (χ2v) is 9.54. The highest BCUT2D eigenvalue weighted by molar-refractivity contribution is 7.99. The Labute approximate surface area is 217 Å². The summed E-state index contributed by atoms with van der Waals surface area (Å²) in [5.41, 5.74) is 3.83. The van der Waals surface area contributed by atoms with Crippen LogP contribution in [-0.4, -0.2) is 31.3 Å². The molecule has 0 saturated heterocycles. The van der Waals surface area contributed by atoms with Gasteiger partial charge < -0.3 is 5.32 Å². The van der Waals surface area contributed by atoms with Gasteiger partial charge in [0.05, 0.1) is 16.4 Å². The van der Waals surface area contributed by atoms with Crippen molar-refractivity contribution in [3.8, 4) is 17.1 Å². The molecule has 4 aromatic carbocycles. The zero-order valence-electron chi connectivity index (χ0n) is 20.2. The first-order valence-corrected chi connectivity index (χ1v) is 12.6. The van der Waals surface area contributed by atoms with Crippen LogP contribution in [0.15, 0.2) is 90.1 Å². The van der Waals surface area contributed by atoms with Crippen molar-refractivity contribution in [1.82, 2.24) is 14.8 Å². The summed E-state index contributed by atoms with van der Waals surface area (Å²) in [6.07, 6.45) is 0.